The van der Waals surface area contributed by atoms with Crippen LogP contribution in [-0.4, -0.2) is 22.9 Å². The van der Waals surface area contributed by atoms with Gasteiger partial charge in [0, 0.05) is 17.3 Å². The minimum atomic E-state index is -0.472. The number of benzene rings is 2. The SMILES string of the molecule is COc1ccccc1OC(=O)/C=C/c1c(C)nn(-c2ccccc2)c1C. The molecule has 132 valence electrons. The van der Waals surface area contributed by atoms with Crippen LogP contribution in [0, 0.1) is 13.8 Å². The van der Waals surface area contributed by atoms with E-state index in [4.69, 9.17) is 9.47 Å². The van der Waals surface area contributed by atoms with E-state index in [0.717, 1.165) is 22.6 Å². The van der Waals surface area contributed by atoms with Crippen LogP contribution >= 0.6 is 0 Å². The monoisotopic (exact) mass is 348 g/mol. The van der Waals surface area contributed by atoms with E-state index < -0.39 is 5.97 Å². The Hall–Kier alpha value is -3.34. The molecule has 5 nitrogen and oxygen atoms in total. The zero-order valence-electron chi connectivity index (χ0n) is 15.0. The molecule has 0 radical (unpaired) electrons. The summed E-state index contributed by atoms with van der Waals surface area (Å²) in [6.07, 6.45) is 3.13. The molecule has 0 bridgehead atoms. The predicted octanol–water partition coefficient (Wildman–Crippen LogP) is 4.12. The lowest BCUT2D eigenvalue weighted by atomic mass is 10.2. The molecule has 1 heterocycles. The average molecular weight is 348 g/mol. The summed E-state index contributed by atoms with van der Waals surface area (Å²) >= 11 is 0. The second-order valence-corrected chi connectivity index (χ2v) is 5.74. The van der Waals surface area contributed by atoms with Gasteiger partial charge in [-0.15, -0.1) is 0 Å². The van der Waals surface area contributed by atoms with Crippen LogP contribution in [0.1, 0.15) is 17.0 Å². The highest BCUT2D eigenvalue weighted by atomic mass is 16.6. The topological polar surface area (TPSA) is 53.4 Å². The van der Waals surface area contributed by atoms with Gasteiger partial charge in [0.25, 0.3) is 0 Å². The number of nitrogens with zero attached hydrogens (tertiary/aromatic N) is 2. The van der Waals surface area contributed by atoms with Gasteiger partial charge in [0.15, 0.2) is 11.5 Å². The quantitative estimate of drug-likeness (QED) is 0.395. The molecule has 0 aliphatic rings. The van der Waals surface area contributed by atoms with Gasteiger partial charge in [-0.1, -0.05) is 30.3 Å². The fraction of sp³-hybridized carbons (Fsp3) is 0.143. The fourth-order valence-electron chi connectivity index (χ4n) is 2.71. The first-order valence-corrected chi connectivity index (χ1v) is 8.24. The van der Waals surface area contributed by atoms with E-state index in [9.17, 15) is 4.79 Å². The zero-order chi connectivity index (χ0) is 18.5. The highest BCUT2D eigenvalue weighted by Gasteiger charge is 2.12. The van der Waals surface area contributed by atoms with E-state index >= 15 is 0 Å². The summed E-state index contributed by atoms with van der Waals surface area (Å²) < 4.78 is 12.4. The summed E-state index contributed by atoms with van der Waals surface area (Å²) in [5.74, 6) is 0.428. The first kappa shape index (κ1) is 17.5. The van der Waals surface area contributed by atoms with Crippen molar-refractivity contribution < 1.29 is 14.3 Å². The van der Waals surface area contributed by atoms with Crippen LogP contribution in [0.3, 0.4) is 0 Å². The summed E-state index contributed by atoms with van der Waals surface area (Å²) in [7, 11) is 1.53. The van der Waals surface area contributed by atoms with E-state index in [1.807, 2.05) is 54.9 Å². The number of rotatable bonds is 5. The van der Waals surface area contributed by atoms with Crippen molar-refractivity contribution in [1.82, 2.24) is 9.78 Å². The van der Waals surface area contributed by atoms with Crippen molar-refractivity contribution >= 4 is 12.0 Å². The molecule has 2 aromatic carbocycles. The Morgan fingerprint density at radius 3 is 2.35 bits per heavy atom. The summed E-state index contributed by atoms with van der Waals surface area (Å²) in [5.41, 5.74) is 3.66. The number of ether oxygens (including phenoxy) is 2. The van der Waals surface area contributed by atoms with Crippen LogP contribution in [-0.2, 0) is 4.79 Å². The van der Waals surface area contributed by atoms with Crippen molar-refractivity contribution in [2.75, 3.05) is 7.11 Å². The van der Waals surface area contributed by atoms with Crippen molar-refractivity contribution in [2.24, 2.45) is 0 Å². The molecule has 0 saturated heterocycles. The molecule has 1 aromatic heterocycles. The van der Waals surface area contributed by atoms with E-state index in [2.05, 4.69) is 5.10 Å². The lowest BCUT2D eigenvalue weighted by Gasteiger charge is -2.06. The Balaban J connectivity index is 1.80. The number of hydrogen-bond donors (Lipinski definition) is 0. The predicted molar refractivity (Wildman–Crippen MR) is 101 cm³/mol. The van der Waals surface area contributed by atoms with Crippen molar-refractivity contribution in [3.05, 3.63) is 77.6 Å². The third kappa shape index (κ3) is 3.67. The normalized spacial score (nSPS) is 10.9. The number of carbonyl (C=O) groups excluding carboxylic acids is 1. The van der Waals surface area contributed by atoms with Gasteiger partial charge in [0.1, 0.15) is 0 Å². The molecule has 0 saturated carbocycles. The van der Waals surface area contributed by atoms with E-state index in [0.29, 0.717) is 11.5 Å². The van der Waals surface area contributed by atoms with Gasteiger partial charge in [0.2, 0.25) is 0 Å². The van der Waals surface area contributed by atoms with Gasteiger partial charge in [0.05, 0.1) is 18.5 Å². The van der Waals surface area contributed by atoms with Crippen molar-refractivity contribution in [3.63, 3.8) is 0 Å². The molecule has 0 amide bonds. The van der Waals surface area contributed by atoms with Gasteiger partial charge < -0.3 is 9.47 Å². The third-order valence-electron chi connectivity index (χ3n) is 4.01. The van der Waals surface area contributed by atoms with Gasteiger partial charge in [-0.3, -0.25) is 0 Å². The Kier molecular flexibility index (Phi) is 5.17. The van der Waals surface area contributed by atoms with Crippen LogP contribution < -0.4 is 9.47 Å². The molecule has 0 fully saturated rings. The number of aryl methyl sites for hydroxylation is 1. The Labute approximate surface area is 152 Å². The highest BCUT2D eigenvalue weighted by molar-refractivity contribution is 5.89. The van der Waals surface area contributed by atoms with Crippen LogP contribution in [0.2, 0.25) is 0 Å². The Morgan fingerprint density at radius 2 is 1.65 bits per heavy atom. The highest BCUT2D eigenvalue weighted by Crippen LogP contribution is 2.26. The van der Waals surface area contributed by atoms with E-state index in [1.165, 1.54) is 13.2 Å². The second kappa shape index (κ2) is 7.70. The number of esters is 1. The summed E-state index contributed by atoms with van der Waals surface area (Å²) in [4.78, 5) is 12.2. The van der Waals surface area contributed by atoms with Crippen LogP contribution in [0.5, 0.6) is 11.5 Å². The van der Waals surface area contributed by atoms with Crippen LogP contribution in [0.25, 0.3) is 11.8 Å². The first-order chi connectivity index (χ1) is 12.6. The molecular weight excluding hydrogens is 328 g/mol. The number of aromatic nitrogens is 2. The zero-order valence-corrected chi connectivity index (χ0v) is 15.0. The number of methoxy groups -OCH3 is 1. The molecule has 26 heavy (non-hydrogen) atoms. The summed E-state index contributed by atoms with van der Waals surface area (Å²) in [6, 6.07) is 16.9. The lowest BCUT2D eigenvalue weighted by molar-refractivity contribution is -0.129. The third-order valence-corrected chi connectivity index (χ3v) is 4.01. The van der Waals surface area contributed by atoms with E-state index in [-0.39, 0.29) is 0 Å². The molecule has 0 aliphatic carbocycles. The minimum Gasteiger partial charge on any atom is -0.493 e. The number of hydrogen-bond acceptors (Lipinski definition) is 4. The van der Waals surface area contributed by atoms with Crippen molar-refractivity contribution in [3.8, 4) is 17.2 Å². The van der Waals surface area contributed by atoms with Crippen LogP contribution in [0.4, 0.5) is 0 Å². The maximum Gasteiger partial charge on any atom is 0.336 e. The first-order valence-electron chi connectivity index (χ1n) is 8.24. The van der Waals surface area contributed by atoms with E-state index in [1.54, 1.807) is 24.3 Å². The minimum absolute atomic E-state index is 0.387. The molecule has 0 atom stereocenters. The molecule has 0 aliphatic heterocycles. The molecule has 3 rings (SSSR count). The molecule has 0 N–H and O–H groups in total. The average Bonchev–Trinajstić information content (AvgIpc) is 2.95. The molecular formula is C21H20N2O3. The molecule has 3 aromatic rings. The fourth-order valence-corrected chi connectivity index (χ4v) is 2.71. The summed E-state index contributed by atoms with van der Waals surface area (Å²) in [5, 5.41) is 4.56. The maximum atomic E-state index is 12.2. The maximum absolute atomic E-state index is 12.2. The van der Waals surface area contributed by atoms with Gasteiger partial charge in [-0.05, 0) is 44.2 Å². The summed E-state index contributed by atoms with van der Waals surface area (Å²) in [6.45, 7) is 3.88. The smallest absolute Gasteiger partial charge is 0.336 e. The largest absolute Gasteiger partial charge is 0.493 e. The van der Waals surface area contributed by atoms with Crippen LogP contribution in [0.15, 0.2) is 60.7 Å². The van der Waals surface area contributed by atoms with Crippen molar-refractivity contribution in [1.29, 1.82) is 0 Å². The van der Waals surface area contributed by atoms with Crippen molar-refractivity contribution in [2.45, 2.75) is 13.8 Å². The second-order valence-electron chi connectivity index (χ2n) is 5.74. The molecule has 5 heteroatoms. The molecule has 0 unspecified atom stereocenters. The lowest BCUT2D eigenvalue weighted by Crippen LogP contribution is -2.05. The standard InChI is InChI=1S/C21H20N2O3/c1-15-18(16(2)23(22-15)17-9-5-4-6-10-17)13-14-21(24)26-20-12-8-7-11-19(20)25-3/h4-14H,1-3H3/b14-13+. The van der Waals surface area contributed by atoms with Gasteiger partial charge in [-0.25, -0.2) is 9.48 Å². The van der Waals surface area contributed by atoms with Gasteiger partial charge in [-0.2, -0.15) is 5.10 Å². The Bertz CT molecular complexity index is 943. The Morgan fingerprint density at radius 1 is 1.00 bits per heavy atom. The number of carbonyl (C=O) groups is 1. The molecule has 0 spiro atoms. The van der Waals surface area contributed by atoms with Gasteiger partial charge >= 0.3 is 5.97 Å². The number of para-hydroxylation sites is 3.